The summed E-state index contributed by atoms with van der Waals surface area (Å²) in [6.45, 7) is 35.3. The number of aromatic nitrogens is 3. The Morgan fingerprint density at radius 3 is 0.929 bits per heavy atom. The van der Waals surface area contributed by atoms with Gasteiger partial charge in [0.25, 0.3) is 0 Å². The molecule has 12 rings (SSSR count). The molecule has 0 unspecified atom stereocenters. The Kier molecular flexibility index (Phi) is 42.8. The van der Waals surface area contributed by atoms with Gasteiger partial charge in [-0.3, -0.25) is 29.3 Å². The summed E-state index contributed by atoms with van der Waals surface area (Å²) < 4.78 is 0. The molecule has 3 aliphatic rings. The molecule has 9 aromatic rings. The van der Waals surface area contributed by atoms with Gasteiger partial charge in [0.1, 0.15) is 0 Å². The number of carbonyl (C=O) groups excluding carboxylic acids is 3. The fraction of sp³-hybridized carbons (Fsp3) is 0.460. The maximum Gasteiger partial charge on any atom is 0.161 e. The van der Waals surface area contributed by atoms with Crippen LogP contribution in [0.1, 0.15) is 236 Å². The summed E-state index contributed by atoms with van der Waals surface area (Å²) in [5.74, 6) is 3.88. The van der Waals surface area contributed by atoms with E-state index in [9.17, 15) is 29.7 Å². The predicted octanol–water partition coefficient (Wildman–Crippen LogP) is 26.6. The number of fused-ring (bicyclic) bond motifs is 3. The molecule has 3 aromatic heterocycles. The van der Waals surface area contributed by atoms with Gasteiger partial charge in [-0.15, -0.1) is 105 Å². The fourth-order valence-corrected chi connectivity index (χ4v) is 14.4. The van der Waals surface area contributed by atoms with E-state index in [0.717, 1.165) is 68.1 Å². The average Bonchev–Trinajstić information content (AvgIpc) is 0.825. The molecule has 6 aromatic carbocycles. The number of ketones is 3. The Balaban J connectivity index is 0.000000292. The van der Waals surface area contributed by atoms with Gasteiger partial charge in [0.05, 0.1) is 33.8 Å². The normalized spacial score (nSPS) is 14.2. The van der Waals surface area contributed by atoms with Crippen LogP contribution in [0.5, 0.6) is 0 Å². The van der Waals surface area contributed by atoms with Crippen molar-refractivity contribution in [2.24, 2.45) is 53.3 Å². The minimum atomic E-state index is -0.0316. The predicted molar refractivity (Wildman–Crippen MR) is 458 cm³/mol. The van der Waals surface area contributed by atoms with Gasteiger partial charge in [0, 0.05) is 131 Å². The number of nitrogens with zero attached hydrogens (tertiary/aromatic N) is 3. The second kappa shape index (κ2) is 49.1. The summed E-state index contributed by atoms with van der Waals surface area (Å²) in [5, 5.41) is 31.7. The summed E-state index contributed by atoms with van der Waals surface area (Å²) in [4.78, 5) is 48.1. The van der Waals surface area contributed by atoms with Crippen molar-refractivity contribution in [1.82, 2.24) is 15.0 Å². The Morgan fingerprint density at radius 1 is 0.375 bits per heavy atom. The third-order valence-corrected chi connectivity index (χ3v) is 20.6. The minimum absolute atomic E-state index is 0. The van der Waals surface area contributed by atoms with Crippen molar-refractivity contribution in [3.8, 4) is 33.8 Å². The van der Waals surface area contributed by atoms with Crippen molar-refractivity contribution < 1.29 is 90.0 Å². The first kappa shape index (κ1) is 97.5. The molecule has 609 valence electrons. The molecule has 3 aliphatic carbocycles. The first-order chi connectivity index (χ1) is 51.9. The largest absolute Gasteiger partial charge is 0.512 e. The minimum Gasteiger partial charge on any atom is -0.512 e. The molecule has 0 atom stereocenters. The van der Waals surface area contributed by atoms with Gasteiger partial charge in [0.2, 0.25) is 0 Å². The number of benzene rings is 6. The van der Waals surface area contributed by atoms with Crippen LogP contribution >= 0.6 is 0 Å². The van der Waals surface area contributed by atoms with E-state index in [0.29, 0.717) is 24.7 Å². The molecule has 112 heavy (non-hydrogen) atoms. The molecule has 12 heteroatoms. The first-order valence-electron chi connectivity index (χ1n) is 40.9. The van der Waals surface area contributed by atoms with Crippen LogP contribution in [0.4, 0.5) is 0 Å². The zero-order chi connectivity index (χ0) is 79.4. The topological polar surface area (TPSA) is 151 Å². The summed E-state index contributed by atoms with van der Waals surface area (Å²) >= 11 is 0. The van der Waals surface area contributed by atoms with Crippen LogP contribution in [0.25, 0.3) is 66.5 Å². The molecule has 3 saturated carbocycles. The average molecular weight is 2040 g/mol. The maximum atomic E-state index is 11.2. The third-order valence-electron chi connectivity index (χ3n) is 20.6. The second-order valence-corrected chi connectivity index (χ2v) is 33.4. The van der Waals surface area contributed by atoms with Gasteiger partial charge >= 0.3 is 0 Å². The van der Waals surface area contributed by atoms with Crippen molar-refractivity contribution in [1.29, 1.82) is 0 Å². The van der Waals surface area contributed by atoms with Crippen molar-refractivity contribution in [3.63, 3.8) is 0 Å². The number of allylic oxidation sites excluding steroid dienone is 6. The smallest absolute Gasteiger partial charge is 0.161 e. The van der Waals surface area contributed by atoms with E-state index < -0.39 is 0 Å². The molecule has 3 fully saturated rings. The molecular formula is C100H128Ir3N3O6-3. The maximum absolute atomic E-state index is 11.2. The molecule has 0 bridgehead atoms. The summed E-state index contributed by atoms with van der Waals surface area (Å²) in [6, 6.07) is 56.4. The quantitative estimate of drug-likeness (QED) is 0.0293. The van der Waals surface area contributed by atoms with Crippen LogP contribution in [0, 0.1) is 113 Å². The molecule has 3 N–H and O–H groups in total. The van der Waals surface area contributed by atoms with Gasteiger partial charge in [-0.2, -0.15) is 0 Å². The Bertz CT molecular complexity index is 4440. The Morgan fingerprint density at radius 2 is 0.670 bits per heavy atom. The van der Waals surface area contributed by atoms with E-state index in [1.165, 1.54) is 194 Å². The van der Waals surface area contributed by atoms with Crippen LogP contribution in [-0.2, 0) is 94.0 Å². The zero-order valence-corrected chi connectivity index (χ0v) is 77.6. The molecule has 3 radical (unpaired) electrons. The van der Waals surface area contributed by atoms with E-state index in [4.69, 9.17) is 15.0 Å². The van der Waals surface area contributed by atoms with Gasteiger partial charge in [-0.1, -0.05) is 287 Å². The number of aliphatic hydroxyl groups is 3. The van der Waals surface area contributed by atoms with Crippen molar-refractivity contribution in [2.75, 3.05) is 0 Å². The van der Waals surface area contributed by atoms with Gasteiger partial charge in [-0.25, -0.2) is 0 Å². The van der Waals surface area contributed by atoms with E-state index in [1.54, 1.807) is 0 Å². The Hall–Kier alpha value is -6.87. The molecule has 0 saturated heterocycles. The molecule has 0 aliphatic heterocycles. The van der Waals surface area contributed by atoms with Gasteiger partial charge < -0.3 is 15.3 Å². The van der Waals surface area contributed by atoms with Gasteiger partial charge in [-0.05, 0) is 101 Å². The molecule has 9 nitrogen and oxygen atoms in total. The van der Waals surface area contributed by atoms with Crippen molar-refractivity contribution in [3.05, 3.63) is 231 Å². The van der Waals surface area contributed by atoms with E-state index in [-0.39, 0.29) is 119 Å². The Labute approximate surface area is 714 Å². The fourth-order valence-electron chi connectivity index (χ4n) is 14.4. The van der Waals surface area contributed by atoms with Crippen LogP contribution in [0.2, 0.25) is 0 Å². The first-order valence-corrected chi connectivity index (χ1v) is 40.9. The van der Waals surface area contributed by atoms with E-state index in [2.05, 4.69) is 187 Å². The van der Waals surface area contributed by atoms with Crippen molar-refractivity contribution in [2.45, 2.75) is 247 Å². The number of pyridine rings is 3. The number of carbonyl (C=O) groups is 3. The molecule has 0 amide bonds. The van der Waals surface area contributed by atoms with Crippen LogP contribution in [0.15, 0.2) is 163 Å². The summed E-state index contributed by atoms with van der Waals surface area (Å²) in [6.07, 6.45) is 28.3. The standard InChI is InChI=1S/C25H28N.C24H26N.C22H22N.C11H20O2.2C9H16O2.3Ir/c1-18-14-19(2)16-22(15-18)24-13-12-23-21(10-7-11-25(23)26-24)17-20-8-5-3-4-6-9-20;1-17-13-18(2)15-21(14-17)23-12-11-22-20(9-6-10-24(22)25-23)16-19-7-4-3-5-8-19;1-15-11-16(2)13-19(12-15)21-10-9-20-18(14-17-5-3-6-17)7-4-8-22(20)23-21;1-8(2)5-10(12)7-11(13)6-9(3)4;2*1-6(2)8(10)5-9(11)7(3)4;;;/h7,10-15,20H,3-6,8-9,17H2,1-2H3;6,9-14,19H,3-5,7-8,16H2,1-2H3;4,7-12,17H,3,5-6,14H2,1-2H3;7-9,12H,5-6H2,1-4H3;2*5-7,10H,1-4H3;;;/q3*-1;;;;;;. The SMILES string of the molecule is CC(C)C(=O)C=C(O)C(C)C.CC(C)C(=O)C=C(O)C(C)C.CC(C)CC(=O)C=C(O)CC(C)C.Cc1[c-]c(-c2ccc3c(CC4CCC4)cccc3n2)cc(C)c1.Cc1[c-]c(-c2ccc3c(CC4CCCCC4)cccc3n2)cc(C)c1.Cc1[c-]c(-c2ccc3c(CC4CCCCCC4)cccc3n2)cc(C)c1.[Ir].[Ir].[Ir]. The third kappa shape index (κ3) is 32.8. The van der Waals surface area contributed by atoms with E-state index in [1.807, 2.05) is 83.1 Å². The second-order valence-electron chi connectivity index (χ2n) is 33.4. The monoisotopic (exact) mass is 2050 g/mol. The number of hydrogen-bond donors (Lipinski definition) is 3. The number of hydrogen-bond acceptors (Lipinski definition) is 9. The molecule has 0 spiro atoms. The van der Waals surface area contributed by atoms with Crippen molar-refractivity contribution >= 4 is 50.1 Å². The summed E-state index contributed by atoms with van der Waals surface area (Å²) in [7, 11) is 0. The summed E-state index contributed by atoms with van der Waals surface area (Å²) in [5.41, 5.74) is 21.4. The van der Waals surface area contributed by atoms with E-state index >= 15 is 0 Å². The number of rotatable bonds is 20. The molecule has 3 heterocycles. The van der Waals surface area contributed by atoms with Crippen LogP contribution in [0.3, 0.4) is 0 Å². The van der Waals surface area contributed by atoms with Crippen LogP contribution < -0.4 is 0 Å². The zero-order valence-electron chi connectivity index (χ0n) is 70.4. The van der Waals surface area contributed by atoms with Crippen LogP contribution in [-0.4, -0.2) is 47.6 Å². The number of aliphatic hydroxyl groups excluding tert-OH is 3. The van der Waals surface area contributed by atoms with Gasteiger partial charge in [0.15, 0.2) is 17.3 Å². The molecular weight excluding hydrogens is 1920 g/mol. The number of aryl methyl sites for hydroxylation is 6.